The summed E-state index contributed by atoms with van der Waals surface area (Å²) in [5, 5.41) is 7.41. The lowest BCUT2D eigenvalue weighted by atomic mass is 10.3. The van der Waals surface area contributed by atoms with Gasteiger partial charge in [-0.3, -0.25) is 14.5 Å². The van der Waals surface area contributed by atoms with Gasteiger partial charge in [0.15, 0.2) is 5.96 Å². The molecule has 1 aliphatic heterocycles. The fraction of sp³-hybridized carbons (Fsp3) is 0.688. The van der Waals surface area contributed by atoms with Crippen molar-refractivity contribution in [2.24, 2.45) is 12.0 Å². The van der Waals surface area contributed by atoms with Crippen LogP contribution in [0, 0.1) is 0 Å². The summed E-state index contributed by atoms with van der Waals surface area (Å²) in [4.78, 5) is 20.5. The van der Waals surface area contributed by atoms with Crippen LogP contribution in [0.2, 0.25) is 0 Å². The van der Waals surface area contributed by atoms with Crippen LogP contribution in [0.3, 0.4) is 0 Å². The molecular formula is C16H28N6O3. The Morgan fingerprint density at radius 1 is 1.36 bits per heavy atom. The number of carbonyl (C=O) groups excluding carboxylic acids is 1. The first-order valence-electron chi connectivity index (χ1n) is 8.47. The zero-order chi connectivity index (χ0) is 18.1. The molecule has 1 aromatic heterocycles. The molecule has 0 bridgehead atoms. The number of anilines is 1. The van der Waals surface area contributed by atoms with Crippen LogP contribution in [-0.2, 0) is 21.3 Å². The predicted molar refractivity (Wildman–Crippen MR) is 95.8 cm³/mol. The van der Waals surface area contributed by atoms with Crippen LogP contribution < -0.4 is 10.2 Å². The quantitative estimate of drug-likeness (QED) is 0.393. The Hall–Kier alpha value is -2.13. The molecule has 0 aliphatic carbocycles. The van der Waals surface area contributed by atoms with E-state index in [4.69, 9.17) is 9.47 Å². The van der Waals surface area contributed by atoms with Crippen molar-refractivity contribution in [2.45, 2.75) is 6.42 Å². The van der Waals surface area contributed by atoms with Crippen molar-refractivity contribution < 1.29 is 14.3 Å². The van der Waals surface area contributed by atoms with Crippen molar-refractivity contribution in [2.75, 3.05) is 65.1 Å². The highest BCUT2D eigenvalue weighted by Crippen LogP contribution is 2.15. The van der Waals surface area contributed by atoms with Gasteiger partial charge in [0.05, 0.1) is 25.1 Å². The van der Waals surface area contributed by atoms with E-state index in [0.717, 1.165) is 31.2 Å². The molecule has 25 heavy (non-hydrogen) atoms. The molecule has 1 N–H and O–H groups in total. The first-order valence-corrected chi connectivity index (χ1v) is 8.47. The van der Waals surface area contributed by atoms with E-state index in [1.165, 1.54) is 0 Å². The molecule has 140 valence electrons. The minimum atomic E-state index is 0.0464. The second-order valence-corrected chi connectivity index (χ2v) is 5.77. The molecule has 9 heteroatoms. The van der Waals surface area contributed by atoms with Gasteiger partial charge < -0.3 is 24.6 Å². The third-order valence-electron chi connectivity index (χ3n) is 3.92. The summed E-state index contributed by atoms with van der Waals surface area (Å²) in [7, 11) is 5.23. The van der Waals surface area contributed by atoms with E-state index in [1.807, 2.05) is 18.1 Å². The highest BCUT2D eigenvalue weighted by atomic mass is 16.5. The number of rotatable bonds is 8. The number of aromatic nitrogens is 2. The summed E-state index contributed by atoms with van der Waals surface area (Å²) in [5.74, 6) is 0.793. The number of ether oxygens (including phenoxy) is 2. The summed E-state index contributed by atoms with van der Waals surface area (Å²) >= 11 is 0. The normalized spacial score (nSPS) is 15.8. The topological polar surface area (TPSA) is 84.2 Å². The predicted octanol–water partition coefficient (Wildman–Crippen LogP) is -0.303. The zero-order valence-electron chi connectivity index (χ0n) is 15.3. The van der Waals surface area contributed by atoms with Crippen LogP contribution in [0.25, 0.3) is 0 Å². The Kier molecular flexibility index (Phi) is 7.68. The standard InChI is InChI=1S/C16H28N6O3/c1-17-16(18-5-4-8-25-10-9-24-3)21-6-7-22(15(23)13-21)14-11-19-20(2)12-14/h11-12H,4-10,13H2,1-3H3,(H,17,18). The van der Waals surface area contributed by atoms with E-state index >= 15 is 0 Å². The maximum Gasteiger partial charge on any atom is 0.246 e. The lowest BCUT2D eigenvalue weighted by Gasteiger charge is -2.35. The Balaban J connectivity index is 1.74. The first-order chi connectivity index (χ1) is 12.2. The molecule has 2 heterocycles. The second-order valence-electron chi connectivity index (χ2n) is 5.77. The fourth-order valence-electron chi connectivity index (χ4n) is 2.63. The zero-order valence-corrected chi connectivity index (χ0v) is 15.3. The van der Waals surface area contributed by atoms with Crippen molar-refractivity contribution in [3.63, 3.8) is 0 Å². The molecule has 2 rings (SSSR count). The van der Waals surface area contributed by atoms with Crippen molar-refractivity contribution >= 4 is 17.6 Å². The van der Waals surface area contributed by atoms with Gasteiger partial charge in [-0.05, 0) is 6.42 Å². The van der Waals surface area contributed by atoms with Crippen LogP contribution in [0.4, 0.5) is 5.69 Å². The van der Waals surface area contributed by atoms with E-state index < -0.39 is 0 Å². The summed E-state index contributed by atoms with van der Waals surface area (Å²) in [6.45, 7) is 4.28. The van der Waals surface area contributed by atoms with Gasteiger partial charge in [-0.2, -0.15) is 5.10 Å². The van der Waals surface area contributed by atoms with Crippen LogP contribution >= 0.6 is 0 Å². The molecule has 0 radical (unpaired) electrons. The summed E-state index contributed by atoms with van der Waals surface area (Å²) in [6, 6.07) is 0. The van der Waals surface area contributed by atoms with Crippen molar-refractivity contribution in [3.8, 4) is 0 Å². The molecule has 1 amide bonds. The Morgan fingerprint density at radius 2 is 2.20 bits per heavy atom. The largest absolute Gasteiger partial charge is 0.382 e. The number of methoxy groups -OCH3 is 1. The number of hydrogen-bond acceptors (Lipinski definition) is 5. The molecule has 1 aromatic rings. The van der Waals surface area contributed by atoms with Crippen LogP contribution in [0.15, 0.2) is 17.4 Å². The number of nitrogens with one attached hydrogen (secondary N) is 1. The van der Waals surface area contributed by atoms with E-state index in [-0.39, 0.29) is 5.91 Å². The molecule has 0 saturated carbocycles. The molecule has 1 aliphatic rings. The van der Waals surface area contributed by atoms with Gasteiger partial charge in [0.1, 0.15) is 6.54 Å². The molecular weight excluding hydrogens is 324 g/mol. The molecule has 1 saturated heterocycles. The first kappa shape index (κ1) is 19.2. The van der Waals surface area contributed by atoms with Gasteiger partial charge in [-0.1, -0.05) is 0 Å². The fourth-order valence-corrected chi connectivity index (χ4v) is 2.63. The highest BCUT2D eigenvalue weighted by molar-refractivity contribution is 5.98. The molecule has 9 nitrogen and oxygen atoms in total. The average molecular weight is 352 g/mol. The van der Waals surface area contributed by atoms with E-state index in [2.05, 4.69) is 15.4 Å². The molecule has 0 spiro atoms. The lowest BCUT2D eigenvalue weighted by molar-refractivity contribution is -0.120. The average Bonchev–Trinajstić information content (AvgIpc) is 3.03. The van der Waals surface area contributed by atoms with E-state index in [9.17, 15) is 4.79 Å². The Morgan fingerprint density at radius 3 is 2.84 bits per heavy atom. The SMILES string of the molecule is CN=C(NCCCOCCOC)N1CCN(c2cnn(C)c2)C(=O)C1. The molecule has 0 aromatic carbocycles. The molecule has 0 unspecified atom stereocenters. The lowest BCUT2D eigenvalue weighted by Crippen LogP contribution is -2.55. The maximum atomic E-state index is 12.4. The summed E-state index contributed by atoms with van der Waals surface area (Å²) in [6.07, 6.45) is 4.43. The van der Waals surface area contributed by atoms with Gasteiger partial charge in [0.25, 0.3) is 0 Å². The van der Waals surface area contributed by atoms with E-state index in [1.54, 1.807) is 29.9 Å². The van der Waals surface area contributed by atoms with Gasteiger partial charge >= 0.3 is 0 Å². The van der Waals surface area contributed by atoms with Crippen LogP contribution in [0.5, 0.6) is 0 Å². The third-order valence-corrected chi connectivity index (χ3v) is 3.92. The molecule has 1 fully saturated rings. The Labute approximate surface area is 148 Å². The van der Waals surface area contributed by atoms with Crippen molar-refractivity contribution in [1.29, 1.82) is 0 Å². The van der Waals surface area contributed by atoms with Gasteiger partial charge in [-0.25, -0.2) is 0 Å². The van der Waals surface area contributed by atoms with Crippen molar-refractivity contribution in [3.05, 3.63) is 12.4 Å². The number of piperazine rings is 1. The number of amides is 1. The highest BCUT2D eigenvalue weighted by Gasteiger charge is 2.27. The third kappa shape index (κ3) is 5.71. The monoisotopic (exact) mass is 352 g/mol. The number of aryl methyl sites for hydroxylation is 1. The molecule has 0 atom stereocenters. The number of nitrogens with zero attached hydrogens (tertiary/aromatic N) is 5. The minimum absolute atomic E-state index is 0.0464. The maximum absolute atomic E-state index is 12.4. The summed E-state index contributed by atoms with van der Waals surface area (Å²) < 4.78 is 12.1. The number of aliphatic imine (C=N–C) groups is 1. The van der Waals surface area contributed by atoms with Crippen LogP contribution in [-0.4, -0.2) is 86.7 Å². The number of hydrogen-bond donors (Lipinski definition) is 1. The van der Waals surface area contributed by atoms with Crippen molar-refractivity contribution in [1.82, 2.24) is 20.0 Å². The number of carbonyl (C=O) groups is 1. The van der Waals surface area contributed by atoms with Gasteiger partial charge in [-0.15, -0.1) is 0 Å². The van der Waals surface area contributed by atoms with Gasteiger partial charge in [0, 0.05) is 53.6 Å². The summed E-state index contributed by atoms with van der Waals surface area (Å²) in [5.41, 5.74) is 0.836. The second kappa shape index (κ2) is 10.00. The van der Waals surface area contributed by atoms with E-state index in [0.29, 0.717) is 32.9 Å². The number of guanidine groups is 1. The smallest absolute Gasteiger partial charge is 0.246 e. The minimum Gasteiger partial charge on any atom is -0.382 e. The Bertz CT molecular complexity index is 574. The van der Waals surface area contributed by atoms with Gasteiger partial charge in [0.2, 0.25) is 5.91 Å². The van der Waals surface area contributed by atoms with Crippen LogP contribution in [0.1, 0.15) is 6.42 Å².